The van der Waals surface area contributed by atoms with Gasteiger partial charge in [-0.1, -0.05) is 6.92 Å². The third kappa shape index (κ3) is 2.87. The average molecular weight is 251 g/mol. The van der Waals surface area contributed by atoms with E-state index in [9.17, 15) is 4.79 Å². The zero-order valence-corrected chi connectivity index (χ0v) is 11.1. The van der Waals surface area contributed by atoms with Gasteiger partial charge in [-0.15, -0.1) is 5.10 Å². The monoisotopic (exact) mass is 251 g/mol. The molecule has 0 saturated carbocycles. The molecule has 0 aliphatic carbocycles. The Labute approximate surface area is 107 Å². The molecule has 1 saturated heterocycles. The van der Waals surface area contributed by atoms with Gasteiger partial charge in [-0.25, -0.2) is 4.98 Å². The summed E-state index contributed by atoms with van der Waals surface area (Å²) in [5.41, 5.74) is 0. The quantitative estimate of drug-likeness (QED) is 0.824. The number of nitrogens with one attached hydrogen (secondary N) is 2. The predicted octanol–water partition coefficient (Wildman–Crippen LogP) is 0.581. The molecule has 0 spiro atoms. The van der Waals surface area contributed by atoms with E-state index in [0.717, 1.165) is 44.6 Å². The Hall–Kier alpha value is -1.43. The predicted molar refractivity (Wildman–Crippen MR) is 68.4 cm³/mol. The molecule has 100 valence electrons. The standard InChI is InChI=1S/C12H21N5O/c1-3-10-14-11(16-15-10)12(18)17(2)9-5-4-7-13-8-6-9/h9,13H,3-8H2,1-2H3,(H,14,15,16). The van der Waals surface area contributed by atoms with E-state index in [1.54, 1.807) is 4.90 Å². The number of nitrogens with zero attached hydrogens (tertiary/aromatic N) is 3. The molecule has 0 radical (unpaired) electrons. The molecule has 6 heteroatoms. The molecule has 1 unspecified atom stereocenters. The van der Waals surface area contributed by atoms with Crippen LogP contribution < -0.4 is 5.32 Å². The number of aryl methyl sites for hydroxylation is 1. The number of amides is 1. The SMILES string of the molecule is CCc1nc(C(=O)N(C)C2CCCNCC2)n[nH]1. The molecule has 1 atom stereocenters. The summed E-state index contributed by atoms with van der Waals surface area (Å²) in [6, 6.07) is 0.288. The minimum absolute atomic E-state index is 0.0853. The fourth-order valence-electron chi connectivity index (χ4n) is 2.26. The lowest BCUT2D eigenvalue weighted by Gasteiger charge is -2.25. The first-order valence-corrected chi connectivity index (χ1v) is 6.61. The van der Waals surface area contributed by atoms with Gasteiger partial charge < -0.3 is 10.2 Å². The second-order valence-corrected chi connectivity index (χ2v) is 4.71. The fraction of sp³-hybridized carbons (Fsp3) is 0.750. The zero-order valence-electron chi connectivity index (χ0n) is 11.1. The van der Waals surface area contributed by atoms with Crippen molar-refractivity contribution in [3.63, 3.8) is 0 Å². The second kappa shape index (κ2) is 5.95. The molecule has 2 N–H and O–H groups in total. The molecule has 0 aromatic carbocycles. The van der Waals surface area contributed by atoms with Crippen LogP contribution in [0.15, 0.2) is 0 Å². The summed E-state index contributed by atoms with van der Waals surface area (Å²) in [6.45, 7) is 3.99. The first-order chi connectivity index (χ1) is 8.72. The number of aromatic nitrogens is 3. The van der Waals surface area contributed by atoms with Crippen LogP contribution in [0.3, 0.4) is 0 Å². The molecule has 1 aliphatic rings. The van der Waals surface area contributed by atoms with E-state index >= 15 is 0 Å². The van der Waals surface area contributed by atoms with Gasteiger partial charge in [0, 0.05) is 19.5 Å². The van der Waals surface area contributed by atoms with Gasteiger partial charge in [0.25, 0.3) is 5.91 Å². The van der Waals surface area contributed by atoms with Crippen LogP contribution in [-0.4, -0.2) is 52.2 Å². The Morgan fingerprint density at radius 1 is 1.44 bits per heavy atom. The Morgan fingerprint density at radius 3 is 3.00 bits per heavy atom. The summed E-state index contributed by atoms with van der Waals surface area (Å²) in [4.78, 5) is 18.2. The van der Waals surface area contributed by atoms with Crippen LogP contribution in [0.1, 0.15) is 42.6 Å². The van der Waals surface area contributed by atoms with Gasteiger partial charge in [0.15, 0.2) is 0 Å². The average Bonchev–Trinajstić information content (AvgIpc) is 2.71. The van der Waals surface area contributed by atoms with E-state index in [1.807, 2.05) is 14.0 Å². The van der Waals surface area contributed by atoms with Gasteiger partial charge >= 0.3 is 0 Å². The molecule has 18 heavy (non-hydrogen) atoms. The van der Waals surface area contributed by atoms with E-state index in [1.165, 1.54) is 0 Å². The highest BCUT2D eigenvalue weighted by atomic mass is 16.2. The second-order valence-electron chi connectivity index (χ2n) is 4.71. The Kier molecular flexibility index (Phi) is 4.30. The summed E-state index contributed by atoms with van der Waals surface area (Å²) < 4.78 is 0. The van der Waals surface area contributed by atoms with Crippen molar-refractivity contribution in [2.75, 3.05) is 20.1 Å². The number of aromatic amines is 1. The zero-order chi connectivity index (χ0) is 13.0. The minimum atomic E-state index is -0.0853. The topological polar surface area (TPSA) is 73.9 Å². The highest BCUT2D eigenvalue weighted by Gasteiger charge is 2.24. The molecule has 2 rings (SSSR count). The first kappa shape index (κ1) is 13.0. The summed E-state index contributed by atoms with van der Waals surface area (Å²) >= 11 is 0. The number of carbonyl (C=O) groups excluding carboxylic acids is 1. The lowest BCUT2D eigenvalue weighted by atomic mass is 10.1. The van der Waals surface area contributed by atoms with Crippen LogP contribution in [0.5, 0.6) is 0 Å². The molecule has 1 amide bonds. The normalized spacial score (nSPS) is 20.4. The van der Waals surface area contributed by atoms with Gasteiger partial charge in [-0.05, 0) is 32.4 Å². The molecule has 2 heterocycles. The highest BCUT2D eigenvalue weighted by Crippen LogP contribution is 2.13. The smallest absolute Gasteiger partial charge is 0.293 e. The summed E-state index contributed by atoms with van der Waals surface area (Å²) in [6.07, 6.45) is 3.90. The van der Waals surface area contributed by atoms with E-state index in [0.29, 0.717) is 0 Å². The van der Waals surface area contributed by atoms with E-state index in [-0.39, 0.29) is 17.8 Å². The highest BCUT2D eigenvalue weighted by molar-refractivity contribution is 5.90. The van der Waals surface area contributed by atoms with E-state index in [2.05, 4.69) is 20.5 Å². The molecular formula is C12H21N5O. The summed E-state index contributed by atoms with van der Waals surface area (Å²) in [5, 5.41) is 10.1. The molecular weight excluding hydrogens is 230 g/mol. The fourth-order valence-corrected chi connectivity index (χ4v) is 2.26. The lowest BCUT2D eigenvalue weighted by Crippen LogP contribution is -2.38. The van der Waals surface area contributed by atoms with Crippen molar-refractivity contribution in [2.45, 2.75) is 38.6 Å². The van der Waals surface area contributed by atoms with Crippen molar-refractivity contribution >= 4 is 5.91 Å². The van der Waals surface area contributed by atoms with Crippen molar-refractivity contribution in [3.05, 3.63) is 11.6 Å². The molecule has 0 bridgehead atoms. The van der Waals surface area contributed by atoms with Crippen molar-refractivity contribution in [1.29, 1.82) is 0 Å². The van der Waals surface area contributed by atoms with Gasteiger partial charge in [-0.3, -0.25) is 9.89 Å². The Bertz CT molecular complexity index is 395. The van der Waals surface area contributed by atoms with Crippen molar-refractivity contribution in [1.82, 2.24) is 25.4 Å². The summed E-state index contributed by atoms with van der Waals surface area (Å²) in [5.74, 6) is 0.957. The maximum absolute atomic E-state index is 12.2. The van der Waals surface area contributed by atoms with Crippen LogP contribution in [0, 0.1) is 0 Å². The van der Waals surface area contributed by atoms with Crippen molar-refractivity contribution in [2.24, 2.45) is 0 Å². The van der Waals surface area contributed by atoms with E-state index < -0.39 is 0 Å². The maximum atomic E-state index is 12.2. The number of carbonyl (C=O) groups is 1. The van der Waals surface area contributed by atoms with Crippen LogP contribution in [0.4, 0.5) is 0 Å². The van der Waals surface area contributed by atoms with Gasteiger partial charge in [-0.2, -0.15) is 0 Å². The third-order valence-corrected chi connectivity index (χ3v) is 3.47. The lowest BCUT2D eigenvalue weighted by molar-refractivity contribution is 0.0708. The number of hydrogen-bond donors (Lipinski definition) is 2. The van der Waals surface area contributed by atoms with Crippen molar-refractivity contribution in [3.8, 4) is 0 Å². The Morgan fingerprint density at radius 2 is 2.28 bits per heavy atom. The first-order valence-electron chi connectivity index (χ1n) is 6.61. The number of H-pyrrole nitrogens is 1. The van der Waals surface area contributed by atoms with Crippen LogP contribution in [0.2, 0.25) is 0 Å². The molecule has 1 fully saturated rings. The molecule has 1 aliphatic heterocycles. The van der Waals surface area contributed by atoms with Crippen molar-refractivity contribution < 1.29 is 4.79 Å². The number of hydrogen-bond acceptors (Lipinski definition) is 4. The van der Waals surface area contributed by atoms with Gasteiger partial charge in [0.1, 0.15) is 5.82 Å². The Balaban J connectivity index is 2.02. The molecule has 1 aromatic heterocycles. The number of rotatable bonds is 3. The van der Waals surface area contributed by atoms with Crippen LogP contribution in [-0.2, 0) is 6.42 Å². The van der Waals surface area contributed by atoms with E-state index in [4.69, 9.17) is 0 Å². The molecule has 1 aromatic rings. The largest absolute Gasteiger partial charge is 0.336 e. The van der Waals surface area contributed by atoms with Crippen LogP contribution >= 0.6 is 0 Å². The molecule has 6 nitrogen and oxygen atoms in total. The minimum Gasteiger partial charge on any atom is -0.336 e. The maximum Gasteiger partial charge on any atom is 0.293 e. The van der Waals surface area contributed by atoms with Gasteiger partial charge in [0.2, 0.25) is 5.82 Å². The van der Waals surface area contributed by atoms with Crippen LogP contribution in [0.25, 0.3) is 0 Å². The van der Waals surface area contributed by atoms with Gasteiger partial charge in [0.05, 0.1) is 0 Å². The third-order valence-electron chi connectivity index (χ3n) is 3.47. The summed E-state index contributed by atoms with van der Waals surface area (Å²) in [7, 11) is 1.85.